The number of nitrogens with zero attached hydrogens (tertiary/aromatic N) is 3. The number of carbonyl (C=O) groups is 1. The Kier molecular flexibility index (Phi) is 7.52. The van der Waals surface area contributed by atoms with Gasteiger partial charge < -0.3 is 14.8 Å². The van der Waals surface area contributed by atoms with Crippen molar-refractivity contribution in [3.63, 3.8) is 0 Å². The summed E-state index contributed by atoms with van der Waals surface area (Å²) in [6, 6.07) is 16.9. The summed E-state index contributed by atoms with van der Waals surface area (Å²) in [4.78, 5) is 24.0. The maximum absolute atomic E-state index is 12.9. The summed E-state index contributed by atoms with van der Waals surface area (Å²) < 4.78 is 10.9. The van der Waals surface area contributed by atoms with Gasteiger partial charge in [-0.15, -0.1) is 0 Å². The second kappa shape index (κ2) is 10.9. The van der Waals surface area contributed by atoms with Crippen LogP contribution in [0.5, 0.6) is 11.5 Å². The lowest BCUT2D eigenvalue weighted by molar-refractivity contribution is 0.0883. The molecule has 1 saturated heterocycles. The van der Waals surface area contributed by atoms with E-state index in [4.69, 9.17) is 9.47 Å². The van der Waals surface area contributed by atoms with E-state index in [1.165, 1.54) is 0 Å². The van der Waals surface area contributed by atoms with Crippen LogP contribution in [0, 0.1) is 5.92 Å². The first-order valence-electron chi connectivity index (χ1n) is 11.2. The van der Waals surface area contributed by atoms with Gasteiger partial charge in [-0.25, -0.2) is 0 Å². The Morgan fingerprint density at radius 2 is 1.79 bits per heavy atom. The van der Waals surface area contributed by atoms with Gasteiger partial charge in [0.05, 0.1) is 26.0 Å². The van der Waals surface area contributed by atoms with E-state index >= 15 is 0 Å². The molecule has 3 heterocycles. The van der Waals surface area contributed by atoms with E-state index in [9.17, 15) is 4.79 Å². The fraction of sp³-hybridized carbons (Fsp3) is 0.346. The zero-order valence-electron chi connectivity index (χ0n) is 19.1. The molecule has 1 amide bonds. The second-order valence-corrected chi connectivity index (χ2v) is 8.21. The van der Waals surface area contributed by atoms with Crippen LogP contribution in [-0.2, 0) is 6.54 Å². The molecule has 2 aromatic heterocycles. The van der Waals surface area contributed by atoms with Gasteiger partial charge in [0, 0.05) is 24.5 Å². The van der Waals surface area contributed by atoms with Crippen LogP contribution in [-0.4, -0.2) is 48.1 Å². The molecule has 1 aromatic carbocycles. The van der Waals surface area contributed by atoms with Gasteiger partial charge in [0.2, 0.25) is 0 Å². The predicted molar refractivity (Wildman–Crippen MR) is 126 cm³/mol. The van der Waals surface area contributed by atoms with Crippen LogP contribution in [0.3, 0.4) is 0 Å². The molecule has 0 aliphatic carbocycles. The third kappa shape index (κ3) is 5.68. The van der Waals surface area contributed by atoms with E-state index < -0.39 is 0 Å². The highest BCUT2D eigenvalue weighted by molar-refractivity contribution is 5.92. The Morgan fingerprint density at radius 3 is 2.42 bits per heavy atom. The van der Waals surface area contributed by atoms with E-state index in [-0.39, 0.29) is 17.9 Å². The molecule has 4 rings (SSSR count). The molecule has 7 heteroatoms. The highest BCUT2D eigenvalue weighted by Gasteiger charge is 2.30. The van der Waals surface area contributed by atoms with Crippen molar-refractivity contribution in [3.8, 4) is 11.5 Å². The Labute approximate surface area is 194 Å². The minimum absolute atomic E-state index is 0.158. The lowest BCUT2D eigenvalue weighted by Gasteiger charge is -2.36. The molecule has 0 unspecified atom stereocenters. The average Bonchev–Trinajstić information content (AvgIpc) is 2.88. The van der Waals surface area contributed by atoms with Crippen LogP contribution in [0.4, 0.5) is 0 Å². The molecule has 0 bridgehead atoms. The van der Waals surface area contributed by atoms with Crippen LogP contribution in [0.25, 0.3) is 0 Å². The monoisotopic (exact) mass is 446 g/mol. The minimum Gasteiger partial charge on any atom is -0.497 e. The standard InChI is InChI=1S/C26H30N4O3/c1-32-21-9-10-24(33-2)20(17-21)18-30-15-11-19(12-16-30)25(22-7-3-5-13-27-22)29-26(31)23-8-4-6-14-28-23/h3-10,13-14,17,19,25H,11-12,15-16,18H2,1-2H3,(H,29,31)/t25-/m0/s1. The molecular weight excluding hydrogens is 416 g/mol. The predicted octanol–water partition coefficient (Wildman–Crippen LogP) is 3.88. The first kappa shape index (κ1) is 22.7. The van der Waals surface area contributed by atoms with E-state index in [0.29, 0.717) is 5.69 Å². The van der Waals surface area contributed by atoms with Gasteiger partial charge in [-0.1, -0.05) is 12.1 Å². The molecule has 33 heavy (non-hydrogen) atoms. The van der Waals surface area contributed by atoms with E-state index in [1.54, 1.807) is 38.7 Å². The Bertz CT molecular complexity index is 1040. The van der Waals surface area contributed by atoms with Crippen LogP contribution in [0.15, 0.2) is 67.0 Å². The smallest absolute Gasteiger partial charge is 0.270 e. The molecule has 0 saturated carbocycles. The molecule has 7 nitrogen and oxygen atoms in total. The summed E-state index contributed by atoms with van der Waals surface area (Å²) in [7, 11) is 3.37. The molecule has 172 valence electrons. The molecule has 0 radical (unpaired) electrons. The Hall–Kier alpha value is -3.45. The van der Waals surface area contributed by atoms with Crippen LogP contribution in [0.1, 0.15) is 40.6 Å². The number of likely N-dealkylation sites (tertiary alicyclic amines) is 1. The molecule has 0 spiro atoms. The topological polar surface area (TPSA) is 76.6 Å². The van der Waals surface area contributed by atoms with Crippen molar-refractivity contribution in [2.45, 2.75) is 25.4 Å². The third-order valence-corrected chi connectivity index (χ3v) is 6.18. The molecular formula is C26H30N4O3. The van der Waals surface area contributed by atoms with Gasteiger partial charge in [0.1, 0.15) is 17.2 Å². The van der Waals surface area contributed by atoms with Crippen LogP contribution in [0.2, 0.25) is 0 Å². The molecule has 1 atom stereocenters. The number of amides is 1. The van der Waals surface area contributed by atoms with Crippen molar-refractivity contribution in [1.29, 1.82) is 0 Å². The molecule has 1 fully saturated rings. The zero-order valence-corrected chi connectivity index (χ0v) is 19.1. The number of pyridine rings is 2. The summed E-state index contributed by atoms with van der Waals surface area (Å²) in [5, 5.41) is 3.20. The maximum Gasteiger partial charge on any atom is 0.270 e. The SMILES string of the molecule is COc1ccc(OC)c(CN2CCC([C@H](NC(=O)c3ccccn3)c3ccccn3)CC2)c1. The van der Waals surface area contributed by atoms with Crippen molar-refractivity contribution in [3.05, 3.63) is 83.9 Å². The second-order valence-electron chi connectivity index (χ2n) is 8.21. The Morgan fingerprint density at radius 1 is 1.03 bits per heavy atom. The van der Waals surface area contributed by atoms with Gasteiger partial charge in [-0.3, -0.25) is 19.7 Å². The van der Waals surface area contributed by atoms with Crippen LogP contribution >= 0.6 is 0 Å². The number of rotatable bonds is 8. The highest BCUT2D eigenvalue weighted by atomic mass is 16.5. The van der Waals surface area contributed by atoms with Crippen molar-refractivity contribution in [2.24, 2.45) is 5.92 Å². The average molecular weight is 447 g/mol. The number of carbonyl (C=O) groups excluding carboxylic acids is 1. The van der Waals surface area contributed by atoms with Crippen molar-refractivity contribution >= 4 is 5.91 Å². The fourth-order valence-corrected chi connectivity index (χ4v) is 4.40. The third-order valence-electron chi connectivity index (χ3n) is 6.18. The van der Waals surface area contributed by atoms with E-state index in [0.717, 1.165) is 55.2 Å². The molecule has 1 aliphatic heterocycles. The zero-order chi connectivity index (χ0) is 23.0. The lowest BCUT2D eigenvalue weighted by Crippen LogP contribution is -2.41. The van der Waals surface area contributed by atoms with Gasteiger partial charge in [-0.05, 0) is 74.3 Å². The highest BCUT2D eigenvalue weighted by Crippen LogP contribution is 2.32. The number of benzene rings is 1. The molecule has 3 aromatic rings. The van der Waals surface area contributed by atoms with Gasteiger partial charge in [-0.2, -0.15) is 0 Å². The maximum atomic E-state index is 12.9. The number of methoxy groups -OCH3 is 2. The van der Waals surface area contributed by atoms with Gasteiger partial charge in [0.15, 0.2) is 0 Å². The normalized spacial score (nSPS) is 15.6. The van der Waals surface area contributed by atoms with E-state index in [2.05, 4.69) is 20.2 Å². The molecule has 1 N–H and O–H groups in total. The summed E-state index contributed by atoms with van der Waals surface area (Å²) >= 11 is 0. The summed E-state index contributed by atoms with van der Waals surface area (Å²) in [6.45, 7) is 2.64. The largest absolute Gasteiger partial charge is 0.497 e. The number of piperidine rings is 1. The van der Waals surface area contributed by atoms with Crippen molar-refractivity contribution in [1.82, 2.24) is 20.2 Å². The quantitative estimate of drug-likeness (QED) is 0.566. The fourth-order valence-electron chi connectivity index (χ4n) is 4.40. The number of hydrogen-bond acceptors (Lipinski definition) is 6. The first-order valence-corrected chi connectivity index (χ1v) is 11.2. The van der Waals surface area contributed by atoms with Crippen LogP contribution < -0.4 is 14.8 Å². The summed E-state index contributed by atoms with van der Waals surface area (Å²) in [6.07, 6.45) is 5.32. The number of ether oxygens (including phenoxy) is 2. The first-order chi connectivity index (χ1) is 16.2. The summed E-state index contributed by atoms with van der Waals surface area (Å²) in [5.74, 6) is 1.81. The van der Waals surface area contributed by atoms with Gasteiger partial charge >= 0.3 is 0 Å². The minimum atomic E-state index is -0.171. The number of hydrogen-bond donors (Lipinski definition) is 1. The van der Waals surface area contributed by atoms with Crippen molar-refractivity contribution in [2.75, 3.05) is 27.3 Å². The van der Waals surface area contributed by atoms with Gasteiger partial charge in [0.25, 0.3) is 5.91 Å². The molecule has 1 aliphatic rings. The number of aromatic nitrogens is 2. The summed E-state index contributed by atoms with van der Waals surface area (Å²) in [5.41, 5.74) is 2.41. The van der Waals surface area contributed by atoms with E-state index in [1.807, 2.05) is 42.5 Å². The van der Waals surface area contributed by atoms with Crippen molar-refractivity contribution < 1.29 is 14.3 Å². The number of nitrogens with one attached hydrogen (secondary N) is 1. The Balaban J connectivity index is 1.45. The lowest BCUT2D eigenvalue weighted by atomic mass is 9.87.